The minimum Gasteiger partial charge on any atom is -0.307 e. The van der Waals surface area contributed by atoms with Crippen molar-refractivity contribution in [3.05, 3.63) is 35.9 Å². The maximum atomic E-state index is 12.7. The summed E-state index contributed by atoms with van der Waals surface area (Å²) in [4.78, 5) is 0. The van der Waals surface area contributed by atoms with Crippen LogP contribution in [0.2, 0.25) is 0 Å². The smallest absolute Gasteiger partial charge is 0.307 e. The molecule has 0 saturated heterocycles. The lowest BCUT2D eigenvalue weighted by Gasteiger charge is -2.34. The number of hydrogen-bond acceptors (Lipinski definition) is 1. The summed E-state index contributed by atoms with van der Waals surface area (Å²) >= 11 is 0. The van der Waals surface area contributed by atoms with Crippen molar-refractivity contribution in [2.45, 2.75) is 57.8 Å². The van der Waals surface area contributed by atoms with Crippen molar-refractivity contribution in [2.75, 3.05) is 0 Å². The fourth-order valence-electron chi connectivity index (χ4n) is 3.18. The number of rotatable bonds is 4. The van der Waals surface area contributed by atoms with E-state index >= 15 is 0 Å². The molecule has 21 heavy (non-hydrogen) atoms. The summed E-state index contributed by atoms with van der Waals surface area (Å²) < 4.78 is 38.1. The lowest BCUT2D eigenvalue weighted by Crippen LogP contribution is -2.40. The van der Waals surface area contributed by atoms with E-state index in [2.05, 4.69) is 31.3 Å². The Hall–Kier alpha value is -1.03. The highest BCUT2D eigenvalue weighted by molar-refractivity contribution is 5.19. The Labute approximate surface area is 124 Å². The first-order chi connectivity index (χ1) is 9.88. The van der Waals surface area contributed by atoms with Crippen LogP contribution in [-0.4, -0.2) is 12.2 Å². The van der Waals surface area contributed by atoms with E-state index in [4.69, 9.17) is 0 Å². The number of benzene rings is 1. The predicted octanol–water partition coefficient (Wildman–Crippen LogP) is 5.09. The Morgan fingerprint density at radius 3 is 2.05 bits per heavy atom. The zero-order valence-electron chi connectivity index (χ0n) is 12.7. The van der Waals surface area contributed by atoms with Gasteiger partial charge >= 0.3 is 6.18 Å². The molecule has 1 fully saturated rings. The van der Waals surface area contributed by atoms with Crippen LogP contribution < -0.4 is 5.32 Å². The molecule has 1 N–H and O–H groups in total. The average Bonchev–Trinajstić information content (AvgIpc) is 2.45. The number of halogens is 3. The van der Waals surface area contributed by atoms with Crippen molar-refractivity contribution in [1.29, 1.82) is 0 Å². The van der Waals surface area contributed by atoms with Gasteiger partial charge < -0.3 is 5.32 Å². The maximum absolute atomic E-state index is 12.7. The first-order valence-corrected chi connectivity index (χ1v) is 7.75. The number of hydrogen-bond donors (Lipinski definition) is 1. The van der Waals surface area contributed by atoms with Gasteiger partial charge in [0, 0.05) is 12.1 Å². The molecule has 0 spiro atoms. The molecule has 1 unspecified atom stereocenters. The lowest BCUT2D eigenvalue weighted by molar-refractivity contribution is -0.182. The van der Waals surface area contributed by atoms with Crippen LogP contribution in [0.5, 0.6) is 0 Å². The van der Waals surface area contributed by atoms with Gasteiger partial charge in [0.05, 0.1) is 5.92 Å². The van der Waals surface area contributed by atoms with Gasteiger partial charge in [0.2, 0.25) is 0 Å². The Morgan fingerprint density at radius 1 is 1.00 bits per heavy atom. The molecule has 1 aliphatic carbocycles. The Balaban J connectivity index is 1.94. The van der Waals surface area contributed by atoms with Gasteiger partial charge in [-0.1, -0.05) is 44.2 Å². The first-order valence-electron chi connectivity index (χ1n) is 7.75. The molecule has 1 nitrogen and oxygen atoms in total. The molecular weight excluding hydrogens is 275 g/mol. The van der Waals surface area contributed by atoms with Crippen LogP contribution in [0.3, 0.4) is 0 Å². The van der Waals surface area contributed by atoms with E-state index in [1.165, 1.54) is 5.56 Å². The third-order valence-electron chi connectivity index (χ3n) is 4.43. The second-order valence-electron chi connectivity index (χ2n) is 6.39. The molecule has 0 radical (unpaired) electrons. The monoisotopic (exact) mass is 299 g/mol. The van der Waals surface area contributed by atoms with Gasteiger partial charge in [0.15, 0.2) is 0 Å². The summed E-state index contributed by atoms with van der Waals surface area (Å²) in [6.45, 7) is 4.29. The second-order valence-corrected chi connectivity index (χ2v) is 6.39. The van der Waals surface area contributed by atoms with Gasteiger partial charge in [-0.2, -0.15) is 13.2 Å². The largest absolute Gasteiger partial charge is 0.391 e. The molecule has 1 aromatic carbocycles. The summed E-state index contributed by atoms with van der Waals surface area (Å²) in [5, 5.41) is 3.58. The quantitative estimate of drug-likeness (QED) is 0.816. The predicted molar refractivity (Wildman–Crippen MR) is 79.0 cm³/mol. The van der Waals surface area contributed by atoms with Crippen LogP contribution in [0.1, 0.15) is 51.1 Å². The molecule has 118 valence electrons. The van der Waals surface area contributed by atoms with E-state index in [9.17, 15) is 13.2 Å². The molecule has 1 atom stereocenters. The Kier molecular flexibility index (Phi) is 5.31. The van der Waals surface area contributed by atoms with Gasteiger partial charge in [-0.05, 0) is 37.2 Å². The standard InChI is InChI=1S/C17H24F3N/c1-12(2)16(13-6-4-3-5-7-13)21-15-10-8-14(9-11-15)17(18,19)20/h3-7,12,14-16,21H,8-11H2,1-2H3. The van der Waals surface area contributed by atoms with Gasteiger partial charge in [0.1, 0.15) is 0 Å². The molecule has 1 saturated carbocycles. The zero-order chi connectivity index (χ0) is 15.5. The normalized spacial score (nSPS) is 25.0. The summed E-state index contributed by atoms with van der Waals surface area (Å²) in [5.41, 5.74) is 1.21. The van der Waals surface area contributed by atoms with Crippen LogP contribution in [0.4, 0.5) is 13.2 Å². The van der Waals surface area contributed by atoms with Crippen molar-refractivity contribution in [2.24, 2.45) is 11.8 Å². The minimum absolute atomic E-state index is 0.191. The van der Waals surface area contributed by atoms with Gasteiger partial charge in [-0.3, -0.25) is 0 Å². The molecule has 0 bridgehead atoms. The lowest BCUT2D eigenvalue weighted by atomic mass is 9.84. The average molecular weight is 299 g/mol. The second kappa shape index (κ2) is 6.82. The third-order valence-corrected chi connectivity index (χ3v) is 4.43. The molecule has 1 aliphatic rings. The fourth-order valence-corrected chi connectivity index (χ4v) is 3.18. The van der Waals surface area contributed by atoms with Crippen LogP contribution in [0.25, 0.3) is 0 Å². The Bertz CT molecular complexity index is 419. The molecule has 2 rings (SSSR count). The van der Waals surface area contributed by atoms with Crippen LogP contribution in [-0.2, 0) is 0 Å². The SMILES string of the molecule is CC(C)C(NC1CCC(C(F)(F)F)CC1)c1ccccc1. The van der Waals surface area contributed by atoms with Crippen molar-refractivity contribution in [1.82, 2.24) is 5.32 Å². The van der Waals surface area contributed by atoms with Crippen LogP contribution in [0, 0.1) is 11.8 Å². The van der Waals surface area contributed by atoms with Crippen molar-refractivity contribution < 1.29 is 13.2 Å². The first kappa shape index (κ1) is 16.3. The van der Waals surface area contributed by atoms with Gasteiger partial charge in [-0.15, -0.1) is 0 Å². The summed E-state index contributed by atoms with van der Waals surface area (Å²) in [5.74, 6) is -0.697. The molecule has 1 aromatic rings. The van der Waals surface area contributed by atoms with E-state index in [1.807, 2.05) is 18.2 Å². The van der Waals surface area contributed by atoms with Crippen LogP contribution >= 0.6 is 0 Å². The number of alkyl halides is 3. The van der Waals surface area contributed by atoms with Gasteiger partial charge in [0.25, 0.3) is 0 Å². The Morgan fingerprint density at radius 2 is 1.57 bits per heavy atom. The highest BCUT2D eigenvalue weighted by atomic mass is 19.4. The molecule has 0 aliphatic heterocycles. The van der Waals surface area contributed by atoms with Gasteiger partial charge in [-0.25, -0.2) is 0 Å². The molecule has 0 amide bonds. The highest BCUT2D eigenvalue weighted by Crippen LogP contribution is 2.38. The minimum atomic E-state index is -4.03. The number of nitrogens with one attached hydrogen (secondary N) is 1. The third kappa shape index (κ3) is 4.47. The molecule has 0 heterocycles. The highest BCUT2D eigenvalue weighted by Gasteiger charge is 2.41. The van der Waals surface area contributed by atoms with Crippen molar-refractivity contribution in [3.8, 4) is 0 Å². The van der Waals surface area contributed by atoms with Crippen LogP contribution in [0.15, 0.2) is 30.3 Å². The zero-order valence-corrected chi connectivity index (χ0v) is 12.7. The molecule has 4 heteroatoms. The maximum Gasteiger partial charge on any atom is 0.391 e. The molecule has 0 aromatic heterocycles. The summed E-state index contributed by atoms with van der Waals surface area (Å²) in [7, 11) is 0. The van der Waals surface area contributed by atoms with E-state index in [-0.39, 0.29) is 24.9 Å². The topological polar surface area (TPSA) is 12.0 Å². The summed E-state index contributed by atoms with van der Waals surface area (Å²) in [6, 6.07) is 10.6. The summed E-state index contributed by atoms with van der Waals surface area (Å²) in [6.07, 6.45) is -2.30. The van der Waals surface area contributed by atoms with Crippen molar-refractivity contribution >= 4 is 0 Å². The van der Waals surface area contributed by atoms with E-state index in [0.717, 1.165) is 0 Å². The van der Waals surface area contributed by atoms with E-state index < -0.39 is 12.1 Å². The van der Waals surface area contributed by atoms with E-state index in [1.54, 1.807) is 0 Å². The van der Waals surface area contributed by atoms with E-state index in [0.29, 0.717) is 18.8 Å². The fraction of sp³-hybridized carbons (Fsp3) is 0.647. The van der Waals surface area contributed by atoms with Crippen molar-refractivity contribution in [3.63, 3.8) is 0 Å². The molecular formula is C17H24F3N.